The molecule has 9 heteroatoms. The van der Waals surface area contributed by atoms with Crippen LogP contribution in [-0.2, 0) is 11.3 Å². The number of nitrogens with zero attached hydrogens (tertiary/aromatic N) is 4. The number of ether oxygens (including phenoxy) is 2. The lowest BCUT2D eigenvalue weighted by Crippen LogP contribution is -2.32. The van der Waals surface area contributed by atoms with E-state index in [2.05, 4.69) is 15.4 Å². The van der Waals surface area contributed by atoms with Crippen LogP contribution in [0.5, 0.6) is 11.5 Å². The maximum Gasteiger partial charge on any atom is 0.351 e. The van der Waals surface area contributed by atoms with Crippen LogP contribution in [0, 0.1) is 6.92 Å². The number of benzene rings is 2. The van der Waals surface area contributed by atoms with Crippen molar-refractivity contribution in [1.29, 1.82) is 0 Å². The van der Waals surface area contributed by atoms with E-state index in [-0.39, 0.29) is 19.2 Å². The van der Waals surface area contributed by atoms with Crippen LogP contribution in [0.15, 0.2) is 47.3 Å². The molecule has 2 aromatic carbocycles. The third-order valence-electron chi connectivity index (χ3n) is 4.52. The number of aromatic nitrogens is 4. The first-order chi connectivity index (χ1) is 13.6. The van der Waals surface area contributed by atoms with Gasteiger partial charge in [0, 0.05) is 17.1 Å². The Morgan fingerprint density at radius 2 is 2.00 bits per heavy atom. The summed E-state index contributed by atoms with van der Waals surface area (Å²) >= 11 is 0. The molecule has 0 unspecified atom stereocenters. The molecule has 1 amide bonds. The van der Waals surface area contributed by atoms with Gasteiger partial charge in [0.1, 0.15) is 12.4 Å². The van der Waals surface area contributed by atoms with Crippen LogP contribution in [-0.4, -0.2) is 31.9 Å². The maximum absolute atomic E-state index is 12.9. The summed E-state index contributed by atoms with van der Waals surface area (Å²) in [7, 11) is 0. The highest BCUT2D eigenvalue weighted by molar-refractivity contribution is 5.94. The van der Waals surface area contributed by atoms with Crippen molar-refractivity contribution in [2.24, 2.45) is 0 Å². The topological polar surface area (TPSA) is 99.8 Å². The molecule has 0 saturated heterocycles. The summed E-state index contributed by atoms with van der Waals surface area (Å²) in [5, 5.41) is 7.70. The smallest absolute Gasteiger partial charge is 0.351 e. The van der Waals surface area contributed by atoms with Crippen LogP contribution in [0.4, 0.5) is 5.69 Å². The number of amides is 1. The molecule has 0 aliphatic carbocycles. The number of para-hydroxylation sites is 1. The Morgan fingerprint density at radius 3 is 2.89 bits per heavy atom. The average molecular weight is 377 g/mol. The van der Waals surface area contributed by atoms with Crippen molar-refractivity contribution in [3.05, 3.63) is 58.8 Å². The summed E-state index contributed by atoms with van der Waals surface area (Å²) in [6.45, 7) is 1.71. The van der Waals surface area contributed by atoms with Crippen molar-refractivity contribution in [3.8, 4) is 11.5 Å². The molecule has 5 rings (SSSR count). The van der Waals surface area contributed by atoms with Gasteiger partial charge in [-0.25, -0.2) is 9.78 Å². The van der Waals surface area contributed by atoms with Gasteiger partial charge in [-0.2, -0.15) is 4.52 Å². The Labute approximate surface area is 158 Å². The summed E-state index contributed by atoms with van der Waals surface area (Å²) in [5.74, 6) is 1.35. The molecule has 4 aromatic rings. The molecule has 0 fully saturated rings. The monoisotopic (exact) mass is 377 g/mol. The number of anilines is 1. The Balaban J connectivity index is 1.52. The van der Waals surface area contributed by atoms with Gasteiger partial charge in [-0.1, -0.05) is 12.1 Å². The Kier molecular flexibility index (Phi) is 3.54. The molecule has 28 heavy (non-hydrogen) atoms. The van der Waals surface area contributed by atoms with Crippen LogP contribution < -0.4 is 20.5 Å². The molecular weight excluding hydrogens is 362 g/mol. The quantitative estimate of drug-likeness (QED) is 0.584. The highest BCUT2D eigenvalue weighted by Gasteiger charge is 2.17. The van der Waals surface area contributed by atoms with Gasteiger partial charge in [0.05, 0.1) is 5.52 Å². The van der Waals surface area contributed by atoms with E-state index in [1.807, 2.05) is 18.2 Å². The van der Waals surface area contributed by atoms with Crippen molar-refractivity contribution < 1.29 is 14.3 Å². The van der Waals surface area contributed by atoms with Gasteiger partial charge in [0.2, 0.25) is 12.7 Å². The molecular formula is C19H15N5O4. The van der Waals surface area contributed by atoms with Crippen LogP contribution in [0.3, 0.4) is 0 Å². The fourth-order valence-corrected chi connectivity index (χ4v) is 3.31. The zero-order valence-electron chi connectivity index (χ0n) is 14.9. The Hall–Kier alpha value is -3.88. The van der Waals surface area contributed by atoms with E-state index in [0.717, 1.165) is 5.39 Å². The molecule has 3 heterocycles. The van der Waals surface area contributed by atoms with Gasteiger partial charge in [-0.05, 0) is 31.2 Å². The van der Waals surface area contributed by atoms with E-state index in [1.165, 1.54) is 9.08 Å². The van der Waals surface area contributed by atoms with E-state index >= 15 is 0 Å². The average Bonchev–Trinajstić information content (AvgIpc) is 3.31. The number of rotatable bonds is 3. The molecule has 1 aliphatic rings. The van der Waals surface area contributed by atoms with Crippen LogP contribution >= 0.6 is 0 Å². The molecule has 0 atom stereocenters. The maximum atomic E-state index is 12.9. The number of hydrogen-bond acceptors (Lipinski definition) is 6. The third-order valence-corrected chi connectivity index (χ3v) is 4.52. The van der Waals surface area contributed by atoms with Gasteiger partial charge in [-0.15, -0.1) is 5.10 Å². The Morgan fingerprint density at radius 1 is 1.18 bits per heavy atom. The highest BCUT2D eigenvalue weighted by atomic mass is 16.7. The fourth-order valence-electron chi connectivity index (χ4n) is 3.31. The first-order valence-electron chi connectivity index (χ1n) is 8.64. The summed E-state index contributed by atoms with van der Waals surface area (Å²) in [6.07, 6.45) is 0. The molecule has 1 N–H and O–H groups in total. The summed E-state index contributed by atoms with van der Waals surface area (Å²) < 4.78 is 13.2. The van der Waals surface area contributed by atoms with Gasteiger partial charge >= 0.3 is 5.69 Å². The summed E-state index contributed by atoms with van der Waals surface area (Å²) in [6, 6.07) is 12.4. The zero-order chi connectivity index (χ0) is 19.3. The van der Waals surface area contributed by atoms with E-state index in [1.54, 1.807) is 31.2 Å². The van der Waals surface area contributed by atoms with Gasteiger partial charge < -0.3 is 14.8 Å². The number of fused-ring (bicyclic) bond motifs is 4. The minimum atomic E-state index is -0.421. The summed E-state index contributed by atoms with van der Waals surface area (Å²) in [5.41, 5.74) is 1.23. The van der Waals surface area contributed by atoms with Crippen LogP contribution in [0.1, 0.15) is 5.82 Å². The van der Waals surface area contributed by atoms with Gasteiger partial charge in [0.15, 0.2) is 17.1 Å². The van der Waals surface area contributed by atoms with E-state index in [4.69, 9.17) is 9.47 Å². The molecule has 1 aliphatic heterocycles. The van der Waals surface area contributed by atoms with Crippen molar-refractivity contribution in [2.45, 2.75) is 13.5 Å². The molecule has 9 nitrogen and oxygen atoms in total. The zero-order valence-corrected chi connectivity index (χ0v) is 14.9. The van der Waals surface area contributed by atoms with Gasteiger partial charge in [0.25, 0.3) is 0 Å². The number of hydrogen-bond donors (Lipinski definition) is 1. The molecule has 0 bridgehead atoms. The van der Waals surface area contributed by atoms with Crippen molar-refractivity contribution >= 4 is 28.1 Å². The van der Waals surface area contributed by atoms with Gasteiger partial charge in [-0.3, -0.25) is 9.36 Å². The lowest BCUT2D eigenvalue weighted by molar-refractivity contribution is -0.116. The highest BCUT2D eigenvalue weighted by Crippen LogP contribution is 2.34. The normalized spacial score (nSPS) is 12.6. The summed E-state index contributed by atoms with van der Waals surface area (Å²) in [4.78, 5) is 29.9. The Bertz CT molecular complexity index is 1310. The second-order valence-electron chi connectivity index (χ2n) is 6.40. The van der Waals surface area contributed by atoms with Crippen molar-refractivity contribution in [2.75, 3.05) is 12.1 Å². The first-order valence-corrected chi connectivity index (χ1v) is 8.64. The van der Waals surface area contributed by atoms with E-state index in [9.17, 15) is 9.59 Å². The first kappa shape index (κ1) is 16.3. The molecule has 0 saturated carbocycles. The van der Waals surface area contributed by atoms with Crippen LogP contribution in [0.2, 0.25) is 0 Å². The SMILES string of the molecule is Cc1nc2c3ccccc3n(CC(=O)Nc3ccc4c(c3)OCO4)c(=O)n2n1. The predicted molar refractivity (Wildman–Crippen MR) is 101 cm³/mol. The second-order valence-corrected chi connectivity index (χ2v) is 6.40. The van der Waals surface area contributed by atoms with E-state index < -0.39 is 5.69 Å². The predicted octanol–water partition coefficient (Wildman–Crippen LogP) is 1.72. The number of carbonyl (C=O) groups excluding carboxylic acids is 1. The van der Waals surface area contributed by atoms with E-state index in [0.29, 0.717) is 34.2 Å². The van der Waals surface area contributed by atoms with Crippen molar-refractivity contribution in [3.63, 3.8) is 0 Å². The minimum absolute atomic E-state index is 0.158. The molecule has 2 aromatic heterocycles. The third kappa shape index (κ3) is 2.56. The lowest BCUT2D eigenvalue weighted by Gasteiger charge is -2.11. The second kappa shape index (κ2) is 6.08. The molecule has 140 valence electrons. The number of aryl methyl sites for hydroxylation is 1. The van der Waals surface area contributed by atoms with Crippen molar-refractivity contribution in [1.82, 2.24) is 19.2 Å². The minimum Gasteiger partial charge on any atom is -0.454 e. The number of carbonyl (C=O) groups is 1. The largest absolute Gasteiger partial charge is 0.454 e. The molecule has 0 radical (unpaired) electrons. The number of nitrogens with one attached hydrogen (secondary N) is 1. The van der Waals surface area contributed by atoms with Crippen LogP contribution in [0.25, 0.3) is 16.6 Å². The molecule has 0 spiro atoms. The lowest BCUT2D eigenvalue weighted by atomic mass is 10.2. The fraction of sp³-hybridized carbons (Fsp3) is 0.158. The standard InChI is InChI=1S/C19H15N5O4/c1-11-20-18-13-4-2-3-5-14(13)23(19(26)24(18)22-11)9-17(25)21-12-6-7-15-16(8-12)28-10-27-15/h2-8H,9-10H2,1H3,(H,21,25).